The van der Waals surface area contributed by atoms with E-state index < -0.39 is 0 Å². The van der Waals surface area contributed by atoms with Gasteiger partial charge >= 0.3 is 0 Å². The van der Waals surface area contributed by atoms with Gasteiger partial charge < -0.3 is 0 Å². The molecule has 0 radical (unpaired) electrons. The van der Waals surface area contributed by atoms with Gasteiger partial charge in [-0.05, 0) is 24.6 Å². The number of nitrogens with zero attached hydrogens (tertiary/aromatic N) is 1. The molecule has 0 aliphatic heterocycles. The van der Waals surface area contributed by atoms with Crippen molar-refractivity contribution in [2.75, 3.05) is 0 Å². The second-order valence-corrected chi connectivity index (χ2v) is 4.19. The van der Waals surface area contributed by atoms with Gasteiger partial charge in [-0.1, -0.05) is 28.1 Å². The molecular formula is C11H9BrN2O. The Morgan fingerprint density at radius 3 is 2.53 bits per heavy atom. The number of hydrogen-bond donors (Lipinski definition) is 1. The van der Waals surface area contributed by atoms with E-state index in [-0.39, 0.29) is 5.56 Å². The zero-order chi connectivity index (χ0) is 10.8. The highest BCUT2D eigenvalue weighted by molar-refractivity contribution is 9.10. The van der Waals surface area contributed by atoms with E-state index in [0.717, 1.165) is 21.3 Å². The predicted octanol–water partition coefficient (Wildman–Crippen LogP) is 2.51. The van der Waals surface area contributed by atoms with Crippen LogP contribution in [0, 0.1) is 6.92 Å². The van der Waals surface area contributed by atoms with Crippen LogP contribution < -0.4 is 5.56 Å². The van der Waals surface area contributed by atoms with E-state index in [9.17, 15) is 4.79 Å². The predicted molar refractivity (Wildman–Crippen MR) is 62.7 cm³/mol. The standard InChI is InChI=1S/C11H9BrN2O/c1-7-6-10(15)13-14-11(7)8-2-4-9(12)5-3-8/h2-6H,1H3,(H,13,15). The molecule has 15 heavy (non-hydrogen) atoms. The number of H-pyrrole nitrogens is 1. The number of hydrogen-bond acceptors (Lipinski definition) is 2. The lowest BCUT2D eigenvalue weighted by atomic mass is 10.1. The highest BCUT2D eigenvalue weighted by atomic mass is 79.9. The molecule has 0 aliphatic carbocycles. The lowest BCUT2D eigenvalue weighted by Crippen LogP contribution is -2.08. The first-order valence-corrected chi connectivity index (χ1v) is 5.28. The van der Waals surface area contributed by atoms with Crippen molar-refractivity contribution in [2.45, 2.75) is 6.92 Å². The van der Waals surface area contributed by atoms with Gasteiger partial charge in [-0.25, -0.2) is 5.10 Å². The van der Waals surface area contributed by atoms with Gasteiger partial charge in [0.05, 0.1) is 5.69 Å². The van der Waals surface area contributed by atoms with Gasteiger partial charge in [0.1, 0.15) is 0 Å². The van der Waals surface area contributed by atoms with Crippen molar-refractivity contribution in [3.8, 4) is 11.3 Å². The average Bonchev–Trinajstić information content (AvgIpc) is 2.20. The van der Waals surface area contributed by atoms with Crippen LogP contribution in [0.25, 0.3) is 11.3 Å². The van der Waals surface area contributed by atoms with Crippen molar-refractivity contribution in [1.29, 1.82) is 0 Å². The van der Waals surface area contributed by atoms with Crippen molar-refractivity contribution in [1.82, 2.24) is 10.2 Å². The van der Waals surface area contributed by atoms with E-state index in [2.05, 4.69) is 26.1 Å². The van der Waals surface area contributed by atoms with Crippen molar-refractivity contribution < 1.29 is 0 Å². The minimum atomic E-state index is -0.173. The van der Waals surface area contributed by atoms with Crippen LogP contribution in [0.15, 0.2) is 39.6 Å². The second kappa shape index (κ2) is 3.98. The molecule has 4 heteroatoms. The molecule has 2 aromatic rings. The summed E-state index contributed by atoms with van der Waals surface area (Å²) in [4.78, 5) is 11.0. The molecule has 3 nitrogen and oxygen atoms in total. The van der Waals surface area contributed by atoms with Crippen LogP contribution in [0.1, 0.15) is 5.56 Å². The Kier molecular flexibility index (Phi) is 2.68. The summed E-state index contributed by atoms with van der Waals surface area (Å²) in [6.07, 6.45) is 0. The maximum atomic E-state index is 11.0. The smallest absolute Gasteiger partial charge is 0.264 e. The fraction of sp³-hybridized carbons (Fsp3) is 0.0909. The molecule has 0 atom stereocenters. The van der Waals surface area contributed by atoms with Gasteiger partial charge in [-0.2, -0.15) is 5.10 Å². The maximum Gasteiger partial charge on any atom is 0.264 e. The fourth-order valence-electron chi connectivity index (χ4n) is 1.40. The third kappa shape index (κ3) is 2.15. The zero-order valence-electron chi connectivity index (χ0n) is 8.12. The van der Waals surface area contributed by atoms with Crippen LogP contribution >= 0.6 is 15.9 Å². The molecule has 0 amide bonds. The molecule has 2 rings (SSSR count). The molecule has 0 fully saturated rings. The van der Waals surface area contributed by atoms with E-state index in [1.165, 1.54) is 0 Å². The molecule has 1 aromatic carbocycles. The van der Waals surface area contributed by atoms with Crippen LogP contribution in [0.5, 0.6) is 0 Å². The van der Waals surface area contributed by atoms with Crippen molar-refractivity contribution in [2.24, 2.45) is 0 Å². The van der Waals surface area contributed by atoms with Crippen LogP contribution in [0.3, 0.4) is 0 Å². The Labute approximate surface area is 95.3 Å². The molecule has 0 saturated carbocycles. The molecule has 0 saturated heterocycles. The first-order valence-electron chi connectivity index (χ1n) is 4.49. The van der Waals surface area contributed by atoms with Gasteiger partial charge in [-0.3, -0.25) is 4.79 Å². The largest absolute Gasteiger partial charge is 0.268 e. The minimum absolute atomic E-state index is 0.173. The fourth-order valence-corrected chi connectivity index (χ4v) is 1.66. The quantitative estimate of drug-likeness (QED) is 0.861. The van der Waals surface area contributed by atoms with Gasteiger partial charge in [0.25, 0.3) is 5.56 Å². The van der Waals surface area contributed by atoms with Crippen LogP contribution in [-0.2, 0) is 0 Å². The number of rotatable bonds is 1. The summed E-state index contributed by atoms with van der Waals surface area (Å²) in [6.45, 7) is 1.87. The zero-order valence-corrected chi connectivity index (χ0v) is 9.71. The van der Waals surface area contributed by atoms with E-state index in [0.29, 0.717) is 0 Å². The van der Waals surface area contributed by atoms with Gasteiger partial charge in [0.15, 0.2) is 0 Å². The Morgan fingerprint density at radius 2 is 1.93 bits per heavy atom. The van der Waals surface area contributed by atoms with E-state index in [4.69, 9.17) is 0 Å². The summed E-state index contributed by atoms with van der Waals surface area (Å²) in [6, 6.07) is 9.35. The lowest BCUT2D eigenvalue weighted by molar-refractivity contribution is 0.981. The average molecular weight is 265 g/mol. The second-order valence-electron chi connectivity index (χ2n) is 3.27. The van der Waals surface area contributed by atoms with Gasteiger partial charge in [0.2, 0.25) is 0 Å². The minimum Gasteiger partial charge on any atom is -0.268 e. The molecule has 0 bridgehead atoms. The van der Waals surface area contributed by atoms with Crippen LogP contribution in [0.2, 0.25) is 0 Å². The van der Waals surface area contributed by atoms with E-state index in [1.807, 2.05) is 31.2 Å². The Hall–Kier alpha value is -1.42. The van der Waals surface area contributed by atoms with Crippen molar-refractivity contribution in [3.63, 3.8) is 0 Å². The molecule has 1 aromatic heterocycles. The Balaban J connectivity index is 2.54. The first-order chi connectivity index (χ1) is 7.16. The third-order valence-corrected chi connectivity index (χ3v) is 2.65. The van der Waals surface area contributed by atoms with Crippen molar-refractivity contribution >= 4 is 15.9 Å². The van der Waals surface area contributed by atoms with Crippen LogP contribution in [-0.4, -0.2) is 10.2 Å². The number of aromatic nitrogens is 2. The number of aryl methyl sites for hydroxylation is 1. The summed E-state index contributed by atoms with van der Waals surface area (Å²) < 4.78 is 1.02. The summed E-state index contributed by atoms with van der Waals surface area (Å²) >= 11 is 3.37. The number of aromatic amines is 1. The molecule has 0 spiro atoms. The van der Waals surface area contributed by atoms with E-state index >= 15 is 0 Å². The normalized spacial score (nSPS) is 10.3. The molecule has 1 heterocycles. The molecule has 0 aliphatic rings. The molecule has 0 unspecified atom stereocenters. The Bertz CT molecular complexity index is 531. The monoisotopic (exact) mass is 264 g/mol. The summed E-state index contributed by atoms with van der Waals surface area (Å²) in [5.41, 5.74) is 2.50. The maximum absolute atomic E-state index is 11.0. The summed E-state index contributed by atoms with van der Waals surface area (Å²) in [5.74, 6) is 0. The summed E-state index contributed by atoms with van der Waals surface area (Å²) in [5, 5.41) is 6.46. The van der Waals surface area contributed by atoms with E-state index in [1.54, 1.807) is 6.07 Å². The molecular weight excluding hydrogens is 256 g/mol. The highest BCUT2D eigenvalue weighted by Gasteiger charge is 2.03. The summed E-state index contributed by atoms with van der Waals surface area (Å²) in [7, 11) is 0. The Morgan fingerprint density at radius 1 is 1.27 bits per heavy atom. The lowest BCUT2D eigenvalue weighted by Gasteiger charge is -2.03. The third-order valence-electron chi connectivity index (χ3n) is 2.12. The van der Waals surface area contributed by atoms with Crippen molar-refractivity contribution in [3.05, 3.63) is 50.7 Å². The number of benzene rings is 1. The van der Waals surface area contributed by atoms with Gasteiger partial charge in [0, 0.05) is 16.1 Å². The number of halogens is 1. The molecule has 76 valence electrons. The topological polar surface area (TPSA) is 45.8 Å². The first kappa shape index (κ1) is 10.1. The highest BCUT2D eigenvalue weighted by Crippen LogP contribution is 2.21. The van der Waals surface area contributed by atoms with Gasteiger partial charge in [-0.15, -0.1) is 0 Å². The van der Waals surface area contributed by atoms with Crippen LogP contribution in [0.4, 0.5) is 0 Å². The SMILES string of the molecule is Cc1cc(=O)[nH]nc1-c1ccc(Br)cc1. The molecule has 1 N–H and O–H groups in total. The number of nitrogens with one attached hydrogen (secondary N) is 1.